The zero-order chi connectivity index (χ0) is 21.8. The average Bonchev–Trinajstić information content (AvgIpc) is 2.84. The maximum Gasteiger partial charge on any atom is 0.195 e. The standard InChI is InChI=1S/C27H17N3O/c28-16-21-23(18-10-4-1-5-11-18)22(17-29)26(30)25(24(21)19-12-6-2-7-13-19)27(31)20-14-8-3-9-15-20/h1-15H,30H2. The second-order valence-electron chi connectivity index (χ2n) is 6.94. The van der Waals surface area contributed by atoms with Crippen molar-refractivity contribution in [2.45, 2.75) is 0 Å². The van der Waals surface area contributed by atoms with Crippen LogP contribution in [0.1, 0.15) is 27.0 Å². The molecule has 0 saturated carbocycles. The SMILES string of the molecule is N#Cc1c(N)c(C(=O)c2ccccc2)c(-c2ccccc2)c(C#N)c1-c1ccccc1. The monoisotopic (exact) mass is 399 g/mol. The summed E-state index contributed by atoms with van der Waals surface area (Å²) in [5.74, 6) is -0.329. The summed E-state index contributed by atoms with van der Waals surface area (Å²) in [4.78, 5) is 13.5. The normalized spacial score (nSPS) is 10.1. The molecule has 0 fully saturated rings. The highest BCUT2D eigenvalue weighted by atomic mass is 16.1. The molecule has 0 radical (unpaired) electrons. The number of nitrogens with zero attached hydrogens (tertiary/aromatic N) is 2. The van der Waals surface area contributed by atoms with E-state index in [0.717, 1.165) is 0 Å². The summed E-state index contributed by atoms with van der Waals surface area (Å²) in [7, 11) is 0. The van der Waals surface area contributed by atoms with Crippen LogP contribution >= 0.6 is 0 Å². The second kappa shape index (κ2) is 8.37. The lowest BCUT2D eigenvalue weighted by Gasteiger charge is -2.19. The molecule has 0 aromatic heterocycles. The minimum absolute atomic E-state index is 0.0769. The molecule has 31 heavy (non-hydrogen) atoms. The van der Waals surface area contributed by atoms with Gasteiger partial charge in [0.1, 0.15) is 12.1 Å². The fourth-order valence-electron chi connectivity index (χ4n) is 3.75. The van der Waals surface area contributed by atoms with Crippen molar-refractivity contribution in [3.05, 3.63) is 113 Å². The maximum atomic E-state index is 13.5. The van der Waals surface area contributed by atoms with Gasteiger partial charge in [0.2, 0.25) is 0 Å². The summed E-state index contributed by atoms with van der Waals surface area (Å²) in [5, 5.41) is 20.2. The van der Waals surface area contributed by atoms with Crippen LogP contribution in [0, 0.1) is 22.7 Å². The van der Waals surface area contributed by atoms with E-state index in [4.69, 9.17) is 5.73 Å². The van der Waals surface area contributed by atoms with Crippen LogP contribution in [-0.4, -0.2) is 5.78 Å². The highest BCUT2D eigenvalue weighted by molar-refractivity contribution is 6.18. The van der Waals surface area contributed by atoms with Gasteiger partial charge in [-0.05, 0) is 11.1 Å². The molecule has 0 spiro atoms. The molecule has 146 valence electrons. The fraction of sp³-hybridized carbons (Fsp3) is 0. The Kier molecular flexibility index (Phi) is 5.30. The lowest BCUT2D eigenvalue weighted by atomic mass is 9.82. The summed E-state index contributed by atoms with van der Waals surface area (Å²) >= 11 is 0. The highest BCUT2D eigenvalue weighted by Gasteiger charge is 2.28. The number of hydrogen-bond acceptors (Lipinski definition) is 4. The van der Waals surface area contributed by atoms with Crippen molar-refractivity contribution < 1.29 is 4.79 Å². The zero-order valence-electron chi connectivity index (χ0n) is 16.5. The van der Waals surface area contributed by atoms with Crippen LogP contribution in [0.4, 0.5) is 5.69 Å². The van der Waals surface area contributed by atoms with Gasteiger partial charge in [0.15, 0.2) is 5.78 Å². The van der Waals surface area contributed by atoms with Gasteiger partial charge >= 0.3 is 0 Å². The average molecular weight is 399 g/mol. The molecular formula is C27H17N3O. The van der Waals surface area contributed by atoms with Gasteiger partial charge in [0.05, 0.1) is 22.4 Å². The Bertz CT molecular complexity index is 1350. The van der Waals surface area contributed by atoms with Gasteiger partial charge in [-0.3, -0.25) is 4.79 Å². The number of carbonyl (C=O) groups excluding carboxylic acids is 1. The van der Waals surface area contributed by atoms with E-state index in [9.17, 15) is 15.3 Å². The molecule has 0 aliphatic rings. The van der Waals surface area contributed by atoms with E-state index in [1.165, 1.54) is 0 Å². The first-order chi connectivity index (χ1) is 15.2. The van der Waals surface area contributed by atoms with Crippen molar-refractivity contribution in [3.8, 4) is 34.4 Å². The number of benzene rings is 4. The molecule has 0 atom stereocenters. The summed E-state index contributed by atoms with van der Waals surface area (Å²) in [5.41, 5.74) is 9.80. The Morgan fingerprint density at radius 1 is 0.645 bits per heavy atom. The number of carbonyl (C=O) groups is 1. The molecule has 0 amide bonds. The molecule has 0 saturated heterocycles. The molecule has 4 aromatic carbocycles. The first-order valence-electron chi connectivity index (χ1n) is 9.67. The molecule has 2 N–H and O–H groups in total. The summed E-state index contributed by atoms with van der Waals surface area (Å²) < 4.78 is 0. The predicted octanol–water partition coefficient (Wildman–Crippen LogP) is 5.58. The van der Waals surface area contributed by atoms with E-state index in [0.29, 0.717) is 27.8 Å². The number of anilines is 1. The molecule has 0 bridgehead atoms. The van der Waals surface area contributed by atoms with E-state index in [1.54, 1.807) is 24.3 Å². The van der Waals surface area contributed by atoms with Crippen molar-refractivity contribution >= 4 is 11.5 Å². The minimum Gasteiger partial charge on any atom is -0.397 e. The van der Waals surface area contributed by atoms with Crippen molar-refractivity contribution in [2.75, 3.05) is 5.73 Å². The van der Waals surface area contributed by atoms with Gasteiger partial charge in [-0.1, -0.05) is 91.0 Å². The summed E-state index contributed by atoms with van der Waals surface area (Å²) in [6.07, 6.45) is 0. The van der Waals surface area contributed by atoms with Gasteiger partial charge in [0, 0.05) is 16.7 Å². The summed E-state index contributed by atoms with van der Waals surface area (Å²) in [6, 6.07) is 31.5. The third-order valence-corrected chi connectivity index (χ3v) is 5.15. The Balaban J connectivity index is 2.17. The Morgan fingerprint density at radius 2 is 1.10 bits per heavy atom. The number of nitriles is 2. The molecule has 4 aromatic rings. The van der Waals surface area contributed by atoms with E-state index in [1.807, 2.05) is 66.7 Å². The fourth-order valence-corrected chi connectivity index (χ4v) is 3.75. The molecule has 4 nitrogen and oxygen atoms in total. The first-order valence-corrected chi connectivity index (χ1v) is 9.67. The van der Waals surface area contributed by atoms with Crippen LogP contribution in [0.15, 0.2) is 91.0 Å². The Labute approximate surface area is 180 Å². The minimum atomic E-state index is -0.329. The molecular weight excluding hydrogens is 382 g/mol. The van der Waals surface area contributed by atoms with Gasteiger partial charge in [-0.15, -0.1) is 0 Å². The van der Waals surface area contributed by atoms with Crippen LogP contribution in [-0.2, 0) is 0 Å². The number of nitrogens with two attached hydrogens (primary N) is 1. The quantitative estimate of drug-likeness (QED) is 0.358. The zero-order valence-corrected chi connectivity index (χ0v) is 16.5. The molecule has 0 aliphatic heterocycles. The predicted molar refractivity (Wildman–Crippen MR) is 121 cm³/mol. The third-order valence-electron chi connectivity index (χ3n) is 5.15. The van der Waals surface area contributed by atoms with E-state index >= 15 is 0 Å². The van der Waals surface area contributed by atoms with Crippen LogP contribution in [0.3, 0.4) is 0 Å². The highest BCUT2D eigenvalue weighted by Crippen LogP contribution is 2.42. The van der Waals surface area contributed by atoms with E-state index in [2.05, 4.69) is 12.1 Å². The molecule has 4 rings (SSSR count). The molecule has 0 heterocycles. The van der Waals surface area contributed by atoms with E-state index < -0.39 is 0 Å². The summed E-state index contributed by atoms with van der Waals surface area (Å²) in [6.45, 7) is 0. The first kappa shape index (κ1) is 19.6. The Hall–Kier alpha value is -4.67. The second-order valence-corrected chi connectivity index (χ2v) is 6.94. The Morgan fingerprint density at radius 3 is 1.58 bits per heavy atom. The number of nitrogen functional groups attached to an aromatic ring is 1. The van der Waals surface area contributed by atoms with Crippen molar-refractivity contribution in [2.24, 2.45) is 0 Å². The smallest absolute Gasteiger partial charge is 0.195 e. The van der Waals surface area contributed by atoms with Crippen LogP contribution in [0.25, 0.3) is 22.3 Å². The van der Waals surface area contributed by atoms with Crippen molar-refractivity contribution in [3.63, 3.8) is 0 Å². The largest absolute Gasteiger partial charge is 0.397 e. The molecule has 0 aliphatic carbocycles. The lowest BCUT2D eigenvalue weighted by Crippen LogP contribution is -2.12. The van der Waals surface area contributed by atoms with Gasteiger partial charge < -0.3 is 5.73 Å². The topological polar surface area (TPSA) is 90.7 Å². The van der Waals surface area contributed by atoms with Crippen LogP contribution < -0.4 is 5.73 Å². The number of hydrogen-bond donors (Lipinski definition) is 1. The molecule has 0 unspecified atom stereocenters. The van der Waals surface area contributed by atoms with Gasteiger partial charge in [0.25, 0.3) is 0 Å². The van der Waals surface area contributed by atoms with Crippen LogP contribution in [0.2, 0.25) is 0 Å². The van der Waals surface area contributed by atoms with E-state index in [-0.39, 0.29) is 28.2 Å². The number of ketones is 1. The lowest BCUT2D eigenvalue weighted by molar-refractivity contribution is 0.104. The third kappa shape index (κ3) is 3.44. The number of rotatable bonds is 4. The van der Waals surface area contributed by atoms with Gasteiger partial charge in [-0.25, -0.2) is 0 Å². The van der Waals surface area contributed by atoms with Crippen molar-refractivity contribution in [1.29, 1.82) is 10.5 Å². The van der Waals surface area contributed by atoms with Crippen molar-refractivity contribution in [1.82, 2.24) is 0 Å². The van der Waals surface area contributed by atoms with Gasteiger partial charge in [-0.2, -0.15) is 10.5 Å². The van der Waals surface area contributed by atoms with Crippen LogP contribution in [0.5, 0.6) is 0 Å². The molecule has 4 heteroatoms. The maximum absolute atomic E-state index is 13.5.